The van der Waals surface area contributed by atoms with Crippen molar-refractivity contribution in [3.05, 3.63) is 80.9 Å². The summed E-state index contributed by atoms with van der Waals surface area (Å²) in [5.74, 6) is 3.71. The molecule has 16 nitrogen and oxygen atoms in total. The number of ether oxygens (including phenoxy) is 11. The van der Waals surface area contributed by atoms with E-state index in [-0.39, 0.29) is 42.7 Å². The van der Waals surface area contributed by atoms with Crippen molar-refractivity contribution < 1.29 is 66.8 Å². The predicted octanol–water partition coefficient (Wildman–Crippen LogP) is 5.46. The number of hydrogen-bond acceptors (Lipinski definition) is 16. The average molecular weight is 813 g/mol. The fourth-order valence-electron chi connectivity index (χ4n) is 9.28. The summed E-state index contributed by atoms with van der Waals surface area (Å²) in [5.41, 5.74) is 6.16. The number of hydrogen-bond donors (Lipinski definition) is 1. The van der Waals surface area contributed by atoms with E-state index in [2.05, 4.69) is 9.80 Å². The van der Waals surface area contributed by atoms with Gasteiger partial charge in [-0.15, -0.1) is 0 Å². The fraction of sp³-hybridized carbons (Fsp3) is 0.395. The van der Waals surface area contributed by atoms with E-state index in [0.717, 1.165) is 53.7 Å². The van der Waals surface area contributed by atoms with Crippen LogP contribution in [0.4, 0.5) is 0 Å². The molecule has 6 aliphatic rings. The Bertz CT molecular complexity index is 2380. The van der Waals surface area contributed by atoms with Crippen molar-refractivity contribution in [2.24, 2.45) is 0 Å². The number of esters is 2. The summed E-state index contributed by atoms with van der Waals surface area (Å²) < 4.78 is 61.8. The van der Waals surface area contributed by atoms with Crippen LogP contribution < -0.4 is 42.6 Å². The van der Waals surface area contributed by atoms with Crippen LogP contribution in [-0.4, -0.2) is 103 Å². The van der Waals surface area contributed by atoms with E-state index >= 15 is 0 Å². The van der Waals surface area contributed by atoms with E-state index < -0.39 is 24.1 Å². The minimum absolute atomic E-state index is 0.0952. The van der Waals surface area contributed by atoms with Crippen LogP contribution in [0.2, 0.25) is 0 Å². The third kappa shape index (κ3) is 5.86. The number of benzene rings is 4. The third-order valence-electron chi connectivity index (χ3n) is 11.9. The molecular formula is C43H44N2O14. The van der Waals surface area contributed by atoms with Crippen molar-refractivity contribution in [1.82, 2.24) is 9.80 Å². The molecule has 0 saturated carbocycles. The molecule has 4 atom stereocenters. The lowest BCUT2D eigenvalue weighted by Gasteiger charge is -2.38. The average Bonchev–Trinajstić information content (AvgIpc) is 4.05. The maximum Gasteiger partial charge on any atom is 0.343 e. The number of likely N-dealkylation sites (N-methyl/N-ethyl adjacent to an activating group) is 2. The van der Waals surface area contributed by atoms with E-state index in [4.69, 9.17) is 52.1 Å². The molecule has 0 aliphatic carbocycles. The number of carbonyl (C=O) groups excluding carboxylic acids is 2. The third-order valence-corrected chi connectivity index (χ3v) is 11.9. The summed E-state index contributed by atoms with van der Waals surface area (Å²) >= 11 is 0. The molecule has 4 aromatic carbocycles. The standard InChI is InChI=1S/C22H23NO7.C21H21NO7/c1-23-8-7-11-9-14-20(29-10-28-14)21(27-4)15(11)17(23)18-12-5-6-13(25-2)19(26-3)16(12)22(24)30-18;1-22-7-6-10-8-13-19(28-9-27-13)20(26-3)14(10)16(22)17-11-4-5-12(23)18(25-2)15(11)21(24)29-17/h5-6,9,17-18H,7-8,10H2,1-4H3;4-5,8,16-17,23H,6-7,9H2,1-3H3/t17-,18+;16-,17+/m11/s1. The van der Waals surface area contributed by atoms with Crippen LogP contribution in [-0.2, 0) is 22.3 Å². The molecule has 0 bridgehead atoms. The summed E-state index contributed by atoms with van der Waals surface area (Å²) in [5, 5.41) is 10.1. The minimum Gasteiger partial charge on any atom is -0.504 e. The number of methoxy groups -OCH3 is 5. The molecule has 0 aromatic heterocycles. The monoisotopic (exact) mass is 812 g/mol. The molecule has 0 fully saturated rings. The summed E-state index contributed by atoms with van der Waals surface area (Å²) in [4.78, 5) is 29.9. The highest BCUT2D eigenvalue weighted by atomic mass is 16.7. The zero-order valence-corrected chi connectivity index (χ0v) is 33.7. The number of cyclic esters (lactones) is 2. The molecule has 59 heavy (non-hydrogen) atoms. The molecule has 0 amide bonds. The van der Waals surface area contributed by atoms with Gasteiger partial charge in [0.2, 0.25) is 25.1 Å². The van der Waals surface area contributed by atoms with E-state index in [1.807, 2.05) is 32.3 Å². The van der Waals surface area contributed by atoms with Gasteiger partial charge in [-0.3, -0.25) is 9.80 Å². The zero-order valence-electron chi connectivity index (χ0n) is 33.7. The van der Waals surface area contributed by atoms with E-state index in [1.165, 1.54) is 20.3 Å². The van der Waals surface area contributed by atoms with Crippen molar-refractivity contribution in [3.63, 3.8) is 0 Å². The van der Waals surface area contributed by atoms with Crippen molar-refractivity contribution >= 4 is 11.9 Å². The topological polar surface area (TPSA) is 162 Å². The van der Waals surface area contributed by atoms with Crippen molar-refractivity contribution in [1.29, 1.82) is 0 Å². The molecule has 0 saturated heterocycles. The summed E-state index contributed by atoms with van der Waals surface area (Å²) in [7, 11) is 11.7. The highest BCUT2D eigenvalue weighted by molar-refractivity contribution is 5.99. The first-order valence-electron chi connectivity index (χ1n) is 19.1. The summed E-state index contributed by atoms with van der Waals surface area (Å²) in [6, 6.07) is 10.4. The van der Waals surface area contributed by atoms with Gasteiger partial charge in [-0.25, -0.2) is 9.59 Å². The maximum absolute atomic E-state index is 12.9. The number of nitrogens with zero attached hydrogens (tertiary/aromatic N) is 2. The molecule has 0 spiro atoms. The normalized spacial score (nSPS) is 21.9. The first-order valence-corrected chi connectivity index (χ1v) is 19.1. The number of aromatic hydroxyl groups is 1. The highest BCUT2D eigenvalue weighted by Gasteiger charge is 2.48. The molecule has 6 aliphatic heterocycles. The lowest BCUT2D eigenvalue weighted by molar-refractivity contribution is 0.00806. The Hall–Kier alpha value is -6.26. The van der Waals surface area contributed by atoms with Gasteiger partial charge in [-0.1, -0.05) is 12.1 Å². The second kappa shape index (κ2) is 14.8. The van der Waals surface area contributed by atoms with Gasteiger partial charge in [0.1, 0.15) is 23.3 Å². The summed E-state index contributed by atoms with van der Waals surface area (Å²) in [6.45, 7) is 1.89. The van der Waals surface area contributed by atoms with Crippen molar-refractivity contribution in [2.45, 2.75) is 37.1 Å². The Kier molecular flexibility index (Phi) is 9.63. The number of carbonyl (C=O) groups is 2. The Balaban J connectivity index is 0.000000152. The number of phenols is 1. The van der Waals surface area contributed by atoms with Crippen molar-refractivity contribution in [3.8, 4) is 57.5 Å². The fourth-order valence-corrected chi connectivity index (χ4v) is 9.28. The van der Waals surface area contributed by atoms with E-state index in [1.54, 1.807) is 33.5 Å². The molecule has 4 aromatic rings. The van der Waals surface area contributed by atoms with Gasteiger partial charge >= 0.3 is 11.9 Å². The van der Waals surface area contributed by atoms with Gasteiger partial charge in [0.05, 0.1) is 47.6 Å². The van der Waals surface area contributed by atoms with Crippen LogP contribution >= 0.6 is 0 Å². The van der Waals surface area contributed by atoms with E-state index in [9.17, 15) is 14.7 Å². The number of fused-ring (bicyclic) bond motifs is 6. The molecule has 10 rings (SSSR count). The second-order valence-corrected chi connectivity index (χ2v) is 14.8. The molecule has 0 radical (unpaired) electrons. The molecule has 1 N–H and O–H groups in total. The van der Waals surface area contributed by atoms with Gasteiger partial charge < -0.3 is 57.2 Å². The Morgan fingerprint density at radius 1 is 0.593 bits per heavy atom. The molecular weight excluding hydrogens is 768 g/mol. The molecule has 16 heteroatoms. The zero-order chi connectivity index (χ0) is 41.3. The lowest BCUT2D eigenvalue weighted by atomic mass is 9.85. The van der Waals surface area contributed by atoms with Gasteiger partial charge in [-0.05, 0) is 62.3 Å². The van der Waals surface area contributed by atoms with Gasteiger partial charge in [0.25, 0.3) is 0 Å². The Labute approximate surface area is 339 Å². The first-order chi connectivity index (χ1) is 28.6. The highest BCUT2D eigenvalue weighted by Crippen LogP contribution is 2.57. The van der Waals surface area contributed by atoms with E-state index in [0.29, 0.717) is 57.1 Å². The predicted molar refractivity (Wildman–Crippen MR) is 207 cm³/mol. The van der Waals surface area contributed by atoms with Crippen LogP contribution in [0.1, 0.15) is 78.4 Å². The molecule has 0 unspecified atom stereocenters. The quantitative estimate of drug-likeness (QED) is 0.234. The Morgan fingerprint density at radius 3 is 1.51 bits per heavy atom. The number of rotatable bonds is 7. The van der Waals surface area contributed by atoms with Crippen molar-refractivity contribution in [2.75, 3.05) is 76.3 Å². The van der Waals surface area contributed by atoms with Crippen LogP contribution in [0.15, 0.2) is 36.4 Å². The first kappa shape index (κ1) is 38.3. The summed E-state index contributed by atoms with van der Waals surface area (Å²) in [6.07, 6.45) is 0.534. The SMILES string of the molecule is COc1c(O)ccc2c1C(=O)O[C@@H]2[C@H]1c2c(cc3c(c2OC)OCO3)CCN1C.COc1ccc2c(c1OC)C(=O)O[C@@H]2[C@H]1c2c(cc3c(c2OC)OCO3)CCN1C. The van der Waals surface area contributed by atoms with Crippen LogP contribution in [0, 0.1) is 0 Å². The smallest absolute Gasteiger partial charge is 0.343 e. The molecule has 310 valence electrons. The minimum atomic E-state index is -0.578. The maximum atomic E-state index is 12.9. The largest absolute Gasteiger partial charge is 0.504 e. The van der Waals surface area contributed by atoms with Gasteiger partial charge in [0.15, 0.2) is 46.0 Å². The van der Waals surface area contributed by atoms with Crippen LogP contribution in [0.3, 0.4) is 0 Å². The number of phenolic OH excluding ortho intramolecular Hbond substituents is 1. The Morgan fingerprint density at radius 2 is 1.05 bits per heavy atom. The van der Waals surface area contributed by atoms with Crippen LogP contribution in [0.25, 0.3) is 0 Å². The van der Waals surface area contributed by atoms with Gasteiger partial charge in [0, 0.05) is 35.3 Å². The molecule has 6 heterocycles. The van der Waals surface area contributed by atoms with Crippen LogP contribution in [0.5, 0.6) is 57.5 Å². The second-order valence-electron chi connectivity index (χ2n) is 14.8. The van der Waals surface area contributed by atoms with Gasteiger partial charge in [-0.2, -0.15) is 0 Å². The lowest BCUT2D eigenvalue weighted by Crippen LogP contribution is -2.36.